The fourth-order valence-corrected chi connectivity index (χ4v) is 2.19. The minimum Gasteiger partial charge on any atom is -0.397 e. The van der Waals surface area contributed by atoms with Crippen LogP contribution in [0.4, 0.5) is 5.69 Å². The lowest BCUT2D eigenvalue weighted by molar-refractivity contribution is -0.121. The first kappa shape index (κ1) is 18.3. The molecule has 0 aliphatic carbocycles. The van der Waals surface area contributed by atoms with Gasteiger partial charge in [0.2, 0.25) is 5.91 Å². The molecule has 2 aromatic rings. The van der Waals surface area contributed by atoms with Gasteiger partial charge in [-0.3, -0.25) is 9.78 Å². The predicted octanol–water partition coefficient (Wildman–Crippen LogP) is 3.55. The quantitative estimate of drug-likeness (QED) is 0.875. The Balaban J connectivity index is 0.00000242. The zero-order valence-corrected chi connectivity index (χ0v) is 13.8. The number of carbonyl (C=O) groups is 1. The molecule has 0 radical (unpaired) electrons. The molecule has 1 atom stereocenters. The predicted molar refractivity (Wildman–Crippen MR) is 92.2 cm³/mol. The molecule has 0 spiro atoms. The van der Waals surface area contributed by atoms with Gasteiger partial charge in [0.15, 0.2) is 0 Å². The van der Waals surface area contributed by atoms with Crippen molar-refractivity contribution in [1.29, 1.82) is 0 Å². The summed E-state index contributed by atoms with van der Waals surface area (Å²) in [4.78, 5) is 16.2. The molecule has 118 valence electrons. The van der Waals surface area contributed by atoms with E-state index in [0.717, 1.165) is 12.0 Å². The first-order valence-corrected chi connectivity index (χ1v) is 7.21. The van der Waals surface area contributed by atoms with Crippen molar-refractivity contribution < 1.29 is 4.79 Å². The Morgan fingerprint density at radius 2 is 1.95 bits per heavy atom. The molecule has 1 aromatic carbocycles. The summed E-state index contributed by atoms with van der Waals surface area (Å²) in [5.41, 5.74) is 7.91. The van der Waals surface area contributed by atoms with E-state index in [1.165, 1.54) is 0 Å². The Morgan fingerprint density at radius 3 is 2.50 bits per heavy atom. The third-order valence-corrected chi connectivity index (χ3v) is 3.46. The van der Waals surface area contributed by atoms with E-state index < -0.39 is 0 Å². The molecule has 6 heteroatoms. The lowest BCUT2D eigenvalue weighted by atomic mass is 10.0. The summed E-state index contributed by atoms with van der Waals surface area (Å²) < 4.78 is 0. The van der Waals surface area contributed by atoms with Crippen LogP contribution in [0, 0.1) is 0 Å². The molecule has 4 nitrogen and oxygen atoms in total. The SMILES string of the molecule is CCC(NC(=O)Cc1ccc(N)cn1)c1ccc(Cl)cc1.Cl. The molecule has 0 saturated carbocycles. The largest absolute Gasteiger partial charge is 0.397 e. The molecule has 0 aliphatic rings. The van der Waals surface area contributed by atoms with Gasteiger partial charge in [0, 0.05) is 10.7 Å². The van der Waals surface area contributed by atoms with Crippen LogP contribution in [0.25, 0.3) is 0 Å². The first-order chi connectivity index (χ1) is 10.1. The molecule has 1 unspecified atom stereocenters. The molecule has 2 rings (SSSR count). The average Bonchev–Trinajstić information content (AvgIpc) is 2.48. The number of rotatable bonds is 5. The van der Waals surface area contributed by atoms with Crippen molar-refractivity contribution >= 4 is 35.6 Å². The van der Waals surface area contributed by atoms with Crippen molar-refractivity contribution in [3.63, 3.8) is 0 Å². The highest BCUT2D eigenvalue weighted by molar-refractivity contribution is 6.30. The number of amides is 1. The summed E-state index contributed by atoms with van der Waals surface area (Å²) >= 11 is 5.88. The zero-order valence-electron chi connectivity index (χ0n) is 12.3. The number of nitrogens with zero attached hydrogens (tertiary/aromatic N) is 1. The van der Waals surface area contributed by atoms with Gasteiger partial charge in [-0.25, -0.2) is 0 Å². The van der Waals surface area contributed by atoms with Crippen LogP contribution < -0.4 is 11.1 Å². The van der Waals surface area contributed by atoms with E-state index in [-0.39, 0.29) is 30.8 Å². The van der Waals surface area contributed by atoms with Crippen molar-refractivity contribution in [2.45, 2.75) is 25.8 Å². The van der Waals surface area contributed by atoms with Crippen LogP contribution >= 0.6 is 24.0 Å². The lowest BCUT2D eigenvalue weighted by Crippen LogP contribution is -2.29. The average molecular weight is 340 g/mol. The van der Waals surface area contributed by atoms with E-state index in [9.17, 15) is 4.79 Å². The molecular formula is C16H19Cl2N3O. The van der Waals surface area contributed by atoms with Crippen molar-refractivity contribution in [3.05, 3.63) is 58.9 Å². The number of hydrogen-bond donors (Lipinski definition) is 2. The Hall–Kier alpha value is -1.78. The summed E-state index contributed by atoms with van der Waals surface area (Å²) in [5.74, 6) is -0.0610. The molecule has 22 heavy (non-hydrogen) atoms. The summed E-state index contributed by atoms with van der Waals surface area (Å²) in [6.07, 6.45) is 2.60. The Bertz CT molecular complexity index is 600. The number of carbonyl (C=O) groups excluding carboxylic acids is 1. The van der Waals surface area contributed by atoms with Crippen LogP contribution in [0.1, 0.15) is 30.6 Å². The van der Waals surface area contributed by atoms with E-state index in [4.69, 9.17) is 17.3 Å². The minimum absolute atomic E-state index is 0. The van der Waals surface area contributed by atoms with Gasteiger partial charge >= 0.3 is 0 Å². The van der Waals surface area contributed by atoms with Crippen LogP contribution in [0.2, 0.25) is 5.02 Å². The number of aromatic nitrogens is 1. The summed E-state index contributed by atoms with van der Waals surface area (Å²) in [6.45, 7) is 2.03. The van der Waals surface area contributed by atoms with Gasteiger partial charge in [-0.05, 0) is 36.2 Å². The third kappa shape index (κ3) is 5.20. The van der Waals surface area contributed by atoms with Crippen LogP contribution in [0.15, 0.2) is 42.6 Å². The maximum atomic E-state index is 12.1. The number of halogens is 2. The smallest absolute Gasteiger partial charge is 0.226 e. The molecule has 0 bridgehead atoms. The minimum atomic E-state index is -0.0610. The van der Waals surface area contributed by atoms with Crippen LogP contribution in [-0.2, 0) is 11.2 Å². The normalized spacial score (nSPS) is 11.4. The van der Waals surface area contributed by atoms with Crippen molar-refractivity contribution in [1.82, 2.24) is 10.3 Å². The highest BCUT2D eigenvalue weighted by atomic mass is 35.5. The van der Waals surface area contributed by atoms with E-state index in [1.54, 1.807) is 18.3 Å². The van der Waals surface area contributed by atoms with Crippen LogP contribution in [-0.4, -0.2) is 10.9 Å². The molecule has 1 amide bonds. The van der Waals surface area contributed by atoms with Gasteiger partial charge < -0.3 is 11.1 Å². The van der Waals surface area contributed by atoms with E-state index in [2.05, 4.69) is 10.3 Å². The number of pyridine rings is 1. The Morgan fingerprint density at radius 1 is 1.27 bits per heavy atom. The third-order valence-electron chi connectivity index (χ3n) is 3.21. The number of nitrogens with one attached hydrogen (secondary N) is 1. The topological polar surface area (TPSA) is 68.0 Å². The molecule has 0 saturated heterocycles. The summed E-state index contributed by atoms with van der Waals surface area (Å²) in [6, 6.07) is 11.0. The van der Waals surface area contributed by atoms with Crippen molar-refractivity contribution in [3.8, 4) is 0 Å². The lowest BCUT2D eigenvalue weighted by Gasteiger charge is -2.17. The highest BCUT2D eigenvalue weighted by Crippen LogP contribution is 2.19. The van der Waals surface area contributed by atoms with Gasteiger partial charge in [-0.1, -0.05) is 30.7 Å². The van der Waals surface area contributed by atoms with Crippen LogP contribution in [0.5, 0.6) is 0 Å². The van der Waals surface area contributed by atoms with Gasteiger partial charge in [-0.2, -0.15) is 0 Å². The van der Waals surface area contributed by atoms with Gasteiger partial charge in [-0.15, -0.1) is 12.4 Å². The monoisotopic (exact) mass is 339 g/mol. The summed E-state index contributed by atoms with van der Waals surface area (Å²) in [7, 11) is 0. The number of nitrogen functional groups attached to an aromatic ring is 1. The van der Waals surface area contributed by atoms with Gasteiger partial charge in [0.25, 0.3) is 0 Å². The van der Waals surface area contributed by atoms with Crippen LogP contribution in [0.3, 0.4) is 0 Å². The van der Waals surface area contributed by atoms with Crippen molar-refractivity contribution in [2.24, 2.45) is 0 Å². The fourth-order valence-electron chi connectivity index (χ4n) is 2.07. The number of nitrogens with two attached hydrogens (primary N) is 1. The Kier molecular flexibility index (Phi) is 7.15. The maximum absolute atomic E-state index is 12.1. The van der Waals surface area contributed by atoms with Gasteiger partial charge in [0.05, 0.1) is 24.3 Å². The molecular weight excluding hydrogens is 321 g/mol. The number of benzene rings is 1. The first-order valence-electron chi connectivity index (χ1n) is 6.83. The van der Waals surface area contributed by atoms with Crippen molar-refractivity contribution in [2.75, 3.05) is 5.73 Å². The van der Waals surface area contributed by atoms with E-state index >= 15 is 0 Å². The highest BCUT2D eigenvalue weighted by Gasteiger charge is 2.13. The molecule has 3 N–H and O–H groups in total. The Labute approximate surface area is 141 Å². The number of hydrogen-bond acceptors (Lipinski definition) is 3. The second kappa shape index (κ2) is 8.61. The molecule has 1 heterocycles. The van der Waals surface area contributed by atoms with Gasteiger partial charge in [0.1, 0.15) is 0 Å². The standard InChI is InChI=1S/C16H18ClN3O.ClH/c1-2-15(11-3-5-12(17)6-4-11)20-16(21)9-14-8-7-13(18)10-19-14;/h3-8,10,15H,2,9,18H2,1H3,(H,20,21);1H. The fraction of sp³-hybridized carbons (Fsp3) is 0.250. The zero-order chi connectivity index (χ0) is 15.2. The number of anilines is 1. The molecule has 0 fully saturated rings. The van der Waals surface area contributed by atoms with E-state index in [0.29, 0.717) is 16.4 Å². The summed E-state index contributed by atoms with van der Waals surface area (Å²) in [5, 5.41) is 3.70. The second-order valence-corrected chi connectivity index (χ2v) is 5.28. The van der Waals surface area contributed by atoms with E-state index in [1.807, 2.05) is 31.2 Å². The second-order valence-electron chi connectivity index (χ2n) is 4.84. The molecule has 1 aromatic heterocycles. The maximum Gasteiger partial charge on any atom is 0.226 e. The molecule has 0 aliphatic heterocycles.